The molecule has 0 spiro atoms. The largest absolute Gasteiger partial charge is 0.492 e. The molecule has 1 aromatic heterocycles. The van der Waals surface area contributed by atoms with Crippen molar-refractivity contribution in [2.24, 2.45) is 5.92 Å². The normalized spacial score (nSPS) is 23.3. The molecular formula is C28H34F4N4O. The van der Waals surface area contributed by atoms with Gasteiger partial charge in [-0.05, 0) is 51.3 Å². The highest BCUT2D eigenvalue weighted by Gasteiger charge is 2.48. The van der Waals surface area contributed by atoms with Crippen molar-refractivity contribution in [2.45, 2.75) is 51.4 Å². The van der Waals surface area contributed by atoms with Crippen LogP contribution in [0.15, 0.2) is 30.5 Å². The molecule has 0 aliphatic carbocycles. The third kappa shape index (κ3) is 4.72. The van der Waals surface area contributed by atoms with Gasteiger partial charge >= 0.3 is 0 Å². The molecule has 2 aliphatic rings. The minimum atomic E-state index is -1.58. The van der Waals surface area contributed by atoms with Gasteiger partial charge in [0, 0.05) is 61.2 Å². The Balaban J connectivity index is 1.52. The Morgan fingerprint density at radius 2 is 1.89 bits per heavy atom. The number of benzene rings is 2. The fraction of sp³-hybridized carbons (Fsp3) is 0.536. The number of nitrogens with zero attached hydrogens (tertiary/aromatic N) is 3. The maximum absolute atomic E-state index is 15.9. The van der Waals surface area contributed by atoms with E-state index in [1.807, 2.05) is 28.9 Å². The fourth-order valence-corrected chi connectivity index (χ4v) is 6.10. The highest BCUT2D eigenvalue weighted by Crippen LogP contribution is 2.47. The van der Waals surface area contributed by atoms with Crippen LogP contribution < -0.4 is 4.74 Å². The van der Waals surface area contributed by atoms with E-state index in [1.165, 1.54) is 26.0 Å². The van der Waals surface area contributed by atoms with Gasteiger partial charge in [-0.25, -0.2) is 13.2 Å². The first-order valence-corrected chi connectivity index (χ1v) is 12.8. The molecule has 3 aromatic rings. The van der Waals surface area contributed by atoms with Crippen LogP contribution in [-0.4, -0.2) is 71.2 Å². The Kier molecular flexibility index (Phi) is 6.73. The molecule has 1 N–H and O–H groups in total. The van der Waals surface area contributed by atoms with Crippen molar-refractivity contribution in [3.63, 3.8) is 0 Å². The number of hydrogen-bond acceptors (Lipinski definition) is 4. The van der Waals surface area contributed by atoms with Crippen LogP contribution >= 0.6 is 0 Å². The van der Waals surface area contributed by atoms with Crippen molar-refractivity contribution in [3.05, 3.63) is 58.8 Å². The first kappa shape index (κ1) is 26.0. The summed E-state index contributed by atoms with van der Waals surface area (Å²) in [6.45, 7) is 8.50. The molecule has 1 fully saturated rings. The van der Waals surface area contributed by atoms with Crippen LogP contribution in [0.2, 0.25) is 0 Å². The lowest BCUT2D eigenvalue weighted by molar-refractivity contribution is 0.0175. The molecule has 1 saturated heterocycles. The average Bonchev–Trinajstić information content (AvgIpc) is 3.26. The average molecular weight is 519 g/mol. The van der Waals surface area contributed by atoms with Gasteiger partial charge in [0.2, 0.25) is 0 Å². The summed E-state index contributed by atoms with van der Waals surface area (Å²) in [6.07, 6.45) is 2.33. The number of H-pyrrole nitrogens is 1. The molecule has 0 saturated carbocycles. The van der Waals surface area contributed by atoms with Crippen molar-refractivity contribution < 1.29 is 22.3 Å². The van der Waals surface area contributed by atoms with Gasteiger partial charge in [0.25, 0.3) is 0 Å². The van der Waals surface area contributed by atoms with Crippen LogP contribution in [-0.2, 0) is 12.0 Å². The second-order valence-electron chi connectivity index (χ2n) is 11.3. The molecule has 5 rings (SSSR count). The molecule has 5 nitrogen and oxygen atoms in total. The van der Waals surface area contributed by atoms with E-state index in [-0.39, 0.29) is 43.1 Å². The molecule has 0 bridgehead atoms. The zero-order valence-corrected chi connectivity index (χ0v) is 21.8. The van der Waals surface area contributed by atoms with E-state index < -0.39 is 22.8 Å². The number of hydrogen-bond donors (Lipinski definition) is 1. The van der Waals surface area contributed by atoms with Crippen LogP contribution in [0.25, 0.3) is 10.9 Å². The molecule has 200 valence electrons. The molecule has 2 aromatic carbocycles. The predicted molar refractivity (Wildman–Crippen MR) is 135 cm³/mol. The molecule has 2 aliphatic heterocycles. The predicted octanol–water partition coefficient (Wildman–Crippen LogP) is 5.38. The summed E-state index contributed by atoms with van der Waals surface area (Å²) in [6, 6.07) is 5.94. The zero-order chi connectivity index (χ0) is 26.5. The monoisotopic (exact) mass is 518 g/mol. The third-order valence-electron chi connectivity index (χ3n) is 7.84. The zero-order valence-electron chi connectivity index (χ0n) is 21.8. The Labute approximate surface area is 214 Å². The van der Waals surface area contributed by atoms with E-state index >= 15 is 13.2 Å². The molecule has 2 atom stereocenters. The van der Waals surface area contributed by atoms with E-state index in [1.54, 1.807) is 13.1 Å². The van der Waals surface area contributed by atoms with Gasteiger partial charge in [0.05, 0.1) is 23.9 Å². The van der Waals surface area contributed by atoms with Gasteiger partial charge in [-0.3, -0.25) is 19.3 Å². The van der Waals surface area contributed by atoms with Gasteiger partial charge in [0.1, 0.15) is 29.7 Å². The molecule has 37 heavy (non-hydrogen) atoms. The standard InChI is InChI=1S/C28H34F4N4O/c1-17-9-20-21-13-33-34-25(21)6-5-22(20)28(4,36(17)16-27(2,3)32)26-23(30)10-19(11-24(26)31)37-8-7-35-14-18(12-29)15-35/h5-6,10-11,13,17-18H,7-9,12,14-16H2,1-4H3,(H,33,34)/t17-,28+/m1/s1. The summed E-state index contributed by atoms with van der Waals surface area (Å²) in [5.74, 6) is -1.33. The van der Waals surface area contributed by atoms with Crippen LogP contribution in [0.1, 0.15) is 44.4 Å². The van der Waals surface area contributed by atoms with Gasteiger partial charge < -0.3 is 4.74 Å². The fourth-order valence-electron chi connectivity index (χ4n) is 6.10. The number of halogens is 4. The maximum Gasteiger partial charge on any atom is 0.135 e. The molecule has 9 heteroatoms. The number of alkyl halides is 2. The Morgan fingerprint density at radius 3 is 2.54 bits per heavy atom. The molecule has 0 unspecified atom stereocenters. The molecule has 3 heterocycles. The molecular weight excluding hydrogens is 484 g/mol. The summed E-state index contributed by atoms with van der Waals surface area (Å²) in [5.41, 5.74) is -0.454. The van der Waals surface area contributed by atoms with Crippen LogP contribution in [0, 0.1) is 17.6 Å². The van der Waals surface area contributed by atoms with Crippen molar-refractivity contribution >= 4 is 10.9 Å². The lowest BCUT2D eigenvalue weighted by Gasteiger charge is -2.51. The third-order valence-corrected chi connectivity index (χ3v) is 7.84. The molecule has 0 radical (unpaired) electrons. The SMILES string of the molecule is C[C@@H]1Cc2c(ccc3[nH]ncc23)[C@@](C)(c2c(F)cc(OCCN3CC(CF)C3)cc2F)N1CC(C)(C)F. The van der Waals surface area contributed by atoms with E-state index in [4.69, 9.17) is 4.74 Å². The maximum atomic E-state index is 15.9. The Hall–Kier alpha value is -2.65. The van der Waals surface area contributed by atoms with Crippen molar-refractivity contribution in [3.8, 4) is 5.75 Å². The number of fused-ring (bicyclic) bond motifs is 3. The number of aromatic amines is 1. The summed E-state index contributed by atoms with van der Waals surface area (Å²) in [7, 11) is 0. The number of aromatic nitrogens is 2. The van der Waals surface area contributed by atoms with Crippen molar-refractivity contribution in [2.75, 3.05) is 39.5 Å². The topological polar surface area (TPSA) is 44.4 Å². The highest BCUT2D eigenvalue weighted by molar-refractivity contribution is 5.84. The van der Waals surface area contributed by atoms with Crippen LogP contribution in [0.3, 0.4) is 0 Å². The lowest BCUT2D eigenvalue weighted by Crippen LogP contribution is -2.57. The summed E-state index contributed by atoms with van der Waals surface area (Å²) in [4.78, 5) is 3.91. The summed E-state index contributed by atoms with van der Waals surface area (Å²) < 4.78 is 65.1. The van der Waals surface area contributed by atoms with Crippen LogP contribution in [0.4, 0.5) is 17.6 Å². The van der Waals surface area contributed by atoms with E-state index in [2.05, 4.69) is 10.2 Å². The lowest BCUT2D eigenvalue weighted by atomic mass is 9.73. The minimum absolute atomic E-state index is 0.000368. The number of nitrogens with one attached hydrogen (secondary N) is 1. The summed E-state index contributed by atoms with van der Waals surface area (Å²) >= 11 is 0. The van der Waals surface area contributed by atoms with Gasteiger partial charge in [-0.15, -0.1) is 0 Å². The van der Waals surface area contributed by atoms with Crippen molar-refractivity contribution in [1.29, 1.82) is 0 Å². The first-order valence-electron chi connectivity index (χ1n) is 12.8. The van der Waals surface area contributed by atoms with E-state index in [9.17, 15) is 4.39 Å². The first-order chi connectivity index (χ1) is 17.5. The number of likely N-dealkylation sites (tertiary alicyclic amines) is 1. The molecule has 0 amide bonds. The van der Waals surface area contributed by atoms with Gasteiger partial charge in [-0.2, -0.15) is 5.10 Å². The van der Waals surface area contributed by atoms with Gasteiger partial charge in [0.15, 0.2) is 0 Å². The Morgan fingerprint density at radius 1 is 1.19 bits per heavy atom. The van der Waals surface area contributed by atoms with Crippen LogP contribution in [0.5, 0.6) is 5.75 Å². The number of rotatable bonds is 8. The van der Waals surface area contributed by atoms with Crippen molar-refractivity contribution in [1.82, 2.24) is 20.0 Å². The number of ether oxygens (including phenoxy) is 1. The van der Waals surface area contributed by atoms with E-state index in [0.717, 1.165) is 22.0 Å². The minimum Gasteiger partial charge on any atom is -0.492 e. The smallest absolute Gasteiger partial charge is 0.135 e. The second kappa shape index (κ2) is 9.58. The quantitative estimate of drug-likeness (QED) is 0.407. The van der Waals surface area contributed by atoms with Gasteiger partial charge in [-0.1, -0.05) is 6.07 Å². The second-order valence-corrected chi connectivity index (χ2v) is 11.3. The Bertz CT molecular complexity index is 1260. The highest BCUT2D eigenvalue weighted by atomic mass is 19.1. The van der Waals surface area contributed by atoms with E-state index in [0.29, 0.717) is 26.1 Å². The summed E-state index contributed by atoms with van der Waals surface area (Å²) in [5, 5.41) is 8.02.